The van der Waals surface area contributed by atoms with Crippen molar-refractivity contribution >= 4 is 21.9 Å². The van der Waals surface area contributed by atoms with Gasteiger partial charge in [0.05, 0.1) is 17.3 Å². The molecule has 0 amide bonds. The minimum absolute atomic E-state index is 0.104. The van der Waals surface area contributed by atoms with Crippen LogP contribution in [0.15, 0.2) is 42.7 Å². The van der Waals surface area contributed by atoms with Gasteiger partial charge in [-0.15, -0.1) is 10.2 Å². The number of phenolic OH excluding ortho intramolecular Hbond substituents is 1. The van der Waals surface area contributed by atoms with E-state index in [1.807, 2.05) is 55.8 Å². The van der Waals surface area contributed by atoms with Crippen molar-refractivity contribution in [2.45, 2.75) is 64.3 Å². The number of alkyl halides is 1. The van der Waals surface area contributed by atoms with Gasteiger partial charge in [-0.3, -0.25) is 4.98 Å². The average molecular weight is 434 g/mol. The topological polar surface area (TPSA) is 75.9 Å². The van der Waals surface area contributed by atoms with Gasteiger partial charge in [0.25, 0.3) is 0 Å². The van der Waals surface area contributed by atoms with Crippen LogP contribution in [0.2, 0.25) is 0 Å². The highest BCUT2D eigenvalue weighted by Gasteiger charge is 2.47. The number of hydrogen-bond donors (Lipinski definition) is 2. The SMILES string of the molecule is Cc1cnc2cc(O)c(-c3cc4ccn([C@H]5CC(C)(C)NC(C)(C)[C@H]5F)c4nn3)cc2c1. The van der Waals surface area contributed by atoms with Gasteiger partial charge in [-0.05, 0) is 70.9 Å². The lowest BCUT2D eigenvalue weighted by Gasteiger charge is -2.49. The van der Waals surface area contributed by atoms with E-state index >= 15 is 4.39 Å². The molecule has 3 aromatic heterocycles. The normalized spacial score (nSPS) is 22.4. The lowest BCUT2D eigenvalue weighted by atomic mass is 9.78. The number of rotatable bonds is 2. The number of pyridine rings is 1. The van der Waals surface area contributed by atoms with Crippen LogP contribution in [-0.2, 0) is 0 Å². The molecule has 0 aliphatic carbocycles. The zero-order valence-corrected chi connectivity index (χ0v) is 19.0. The fraction of sp³-hybridized carbons (Fsp3) is 0.400. The largest absolute Gasteiger partial charge is 0.507 e. The summed E-state index contributed by atoms with van der Waals surface area (Å²) in [5.74, 6) is 0.104. The van der Waals surface area contributed by atoms with Gasteiger partial charge in [0.1, 0.15) is 11.9 Å². The summed E-state index contributed by atoms with van der Waals surface area (Å²) >= 11 is 0. The number of nitrogens with zero attached hydrogens (tertiary/aromatic N) is 4. The molecular weight excluding hydrogens is 405 g/mol. The first kappa shape index (κ1) is 20.8. The smallest absolute Gasteiger partial charge is 0.162 e. The molecular formula is C25H28FN5O. The fourth-order valence-electron chi connectivity index (χ4n) is 5.17. The van der Waals surface area contributed by atoms with E-state index in [-0.39, 0.29) is 17.3 Å². The van der Waals surface area contributed by atoms with Gasteiger partial charge in [-0.1, -0.05) is 0 Å². The van der Waals surface area contributed by atoms with E-state index in [2.05, 4.69) is 34.3 Å². The van der Waals surface area contributed by atoms with E-state index in [9.17, 15) is 5.11 Å². The van der Waals surface area contributed by atoms with Crippen LogP contribution in [0.1, 0.15) is 45.7 Å². The Morgan fingerprint density at radius 1 is 1.09 bits per heavy atom. The van der Waals surface area contributed by atoms with Crippen LogP contribution in [0.25, 0.3) is 33.2 Å². The van der Waals surface area contributed by atoms with E-state index in [0.717, 1.165) is 21.9 Å². The number of aromatic nitrogens is 4. The number of hydrogen-bond acceptors (Lipinski definition) is 5. The Labute approximate surface area is 186 Å². The molecule has 1 aliphatic heterocycles. The lowest BCUT2D eigenvalue weighted by Crippen LogP contribution is -2.64. The van der Waals surface area contributed by atoms with Crippen LogP contribution in [0, 0.1) is 6.92 Å². The second-order valence-corrected chi connectivity index (χ2v) is 10.2. The third-order valence-corrected chi connectivity index (χ3v) is 6.44. The van der Waals surface area contributed by atoms with Crippen molar-refractivity contribution in [1.82, 2.24) is 25.1 Å². The summed E-state index contributed by atoms with van der Waals surface area (Å²) in [6.07, 6.45) is 3.23. The number of benzene rings is 1. The van der Waals surface area contributed by atoms with Crippen molar-refractivity contribution in [3.05, 3.63) is 48.3 Å². The van der Waals surface area contributed by atoms with Crippen LogP contribution in [0.3, 0.4) is 0 Å². The molecule has 0 saturated carbocycles. The van der Waals surface area contributed by atoms with Gasteiger partial charge in [0.2, 0.25) is 0 Å². The van der Waals surface area contributed by atoms with Gasteiger partial charge < -0.3 is 15.0 Å². The van der Waals surface area contributed by atoms with Gasteiger partial charge in [-0.2, -0.15) is 0 Å². The van der Waals surface area contributed by atoms with E-state index in [1.165, 1.54) is 0 Å². The van der Waals surface area contributed by atoms with E-state index < -0.39 is 11.7 Å². The fourth-order valence-corrected chi connectivity index (χ4v) is 5.17. The molecule has 2 atom stereocenters. The number of aryl methyl sites for hydroxylation is 1. The molecule has 0 radical (unpaired) electrons. The number of aromatic hydroxyl groups is 1. The molecule has 4 aromatic rings. The molecule has 0 spiro atoms. The highest BCUT2D eigenvalue weighted by Crippen LogP contribution is 2.40. The quantitative estimate of drug-likeness (QED) is 0.461. The molecule has 5 rings (SSSR count). The van der Waals surface area contributed by atoms with Crippen LogP contribution in [0.5, 0.6) is 5.75 Å². The third kappa shape index (κ3) is 3.41. The van der Waals surface area contributed by atoms with Crippen molar-refractivity contribution in [3.8, 4) is 17.0 Å². The molecule has 2 N–H and O–H groups in total. The van der Waals surface area contributed by atoms with Gasteiger partial charge in [0, 0.05) is 45.9 Å². The minimum Gasteiger partial charge on any atom is -0.507 e. The van der Waals surface area contributed by atoms with Crippen LogP contribution in [0.4, 0.5) is 4.39 Å². The molecule has 7 heteroatoms. The van der Waals surface area contributed by atoms with Crippen molar-refractivity contribution < 1.29 is 9.50 Å². The Bertz CT molecular complexity index is 1340. The molecule has 0 bridgehead atoms. The van der Waals surface area contributed by atoms with Gasteiger partial charge in [0.15, 0.2) is 5.65 Å². The molecule has 32 heavy (non-hydrogen) atoms. The summed E-state index contributed by atoms with van der Waals surface area (Å²) in [6.45, 7) is 9.99. The molecule has 1 saturated heterocycles. The Morgan fingerprint density at radius 3 is 2.66 bits per heavy atom. The first-order chi connectivity index (χ1) is 15.0. The predicted octanol–water partition coefficient (Wildman–Crippen LogP) is 5.09. The monoisotopic (exact) mass is 433 g/mol. The Morgan fingerprint density at radius 2 is 1.88 bits per heavy atom. The summed E-state index contributed by atoms with van der Waals surface area (Å²) in [5, 5.41) is 24.7. The molecule has 6 nitrogen and oxygen atoms in total. The maximum Gasteiger partial charge on any atom is 0.162 e. The van der Waals surface area contributed by atoms with Crippen molar-refractivity contribution in [2.75, 3.05) is 0 Å². The molecule has 1 fully saturated rings. The van der Waals surface area contributed by atoms with E-state index in [4.69, 9.17) is 0 Å². The highest BCUT2D eigenvalue weighted by molar-refractivity contribution is 5.89. The maximum absolute atomic E-state index is 15.5. The number of piperidine rings is 1. The van der Waals surface area contributed by atoms with Crippen LogP contribution in [-0.4, -0.2) is 42.1 Å². The van der Waals surface area contributed by atoms with Crippen LogP contribution < -0.4 is 5.32 Å². The second kappa shape index (κ2) is 6.97. The number of fused-ring (bicyclic) bond motifs is 2. The summed E-state index contributed by atoms with van der Waals surface area (Å²) in [6, 6.07) is 9.04. The molecule has 166 valence electrons. The second-order valence-electron chi connectivity index (χ2n) is 10.2. The Kier molecular flexibility index (Phi) is 4.53. The van der Waals surface area contributed by atoms with Gasteiger partial charge >= 0.3 is 0 Å². The van der Waals surface area contributed by atoms with Crippen LogP contribution >= 0.6 is 0 Å². The summed E-state index contributed by atoms with van der Waals surface area (Å²) in [4.78, 5) is 4.37. The lowest BCUT2D eigenvalue weighted by molar-refractivity contribution is 0.0313. The van der Waals surface area contributed by atoms with Gasteiger partial charge in [-0.25, -0.2) is 4.39 Å². The zero-order valence-electron chi connectivity index (χ0n) is 19.0. The first-order valence-electron chi connectivity index (χ1n) is 10.9. The van der Waals surface area contributed by atoms with E-state index in [1.54, 1.807) is 12.3 Å². The molecule has 0 unspecified atom stereocenters. The maximum atomic E-state index is 15.5. The number of phenols is 1. The first-order valence-corrected chi connectivity index (χ1v) is 10.9. The number of nitrogens with one attached hydrogen (secondary N) is 1. The van der Waals surface area contributed by atoms with Crippen molar-refractivity contribution in [3.63, 3.8) is 0 Å². The predicted molar refractivity (Wildman–Crippen MR) is 125 cm³/mol. The summed E-state index contributed by atoms with van der Waals surface area (Å²) in [7, 11) is 0. The summed E-state index contributed by atoms with van der Waals surface area (Å²) < 4.78 is 17.4. The third-order valence-electron chi connectivity index (χ3n) is 6.44. The Hall–Kier alpha value is -3.06. The zero-order chi connectivity index (χ0) is 22.8. The molecule has 1 aromatic carbocycles. The van der Waals surface area contributed by atoms with Crippen molar-refractivity contribution in [2.24, 2.45) is 0 Å². The summed E-state index contributed by atoms with van der Waals surface area (Å²) in [5.41, 5.74) is 2.72. The van der Waals surface area contributed by atoms with E-state index in [0.29, 0.717) is 23.3 Å². The standard InChI is InChI=1S/C25H28FN5O/c1-14-8-16-9-17(21(32)11-18(16)27-13-14)19-10-15-6-7-31(23(15)29-28-19)20-12-24(2,3)30-25(4,5)22(20)26/h6-11,13,20,22,30,32H,12H2,1-5H3/t20-,22-/m0/s1. The average Bonchev–Trinajstić information content (AvgIpc) is 3.13. The highest BCUT2D eigenvalue weighted by atomic mass is 19.1. The Balaban J connectivity index is 1.58. The number of halogens is 1. The molecule has 4 heterocycles. The minimum atomic E-state index is -1.08. The van der Waals surface area contributed by atoms with Crippen molar-refractivity contribution in [1.29, 1.82) is 0 Å². The molecule has 1 aliphatic rings.